The molecule has 0 aliphatic rings. The van der Waals surface area contributed by atoms with Gasteiger partial charge in [0.2, 0.25) is 0 Å². The van der Waals surface area contributed by atoms with E-state index in [-0.39, 0.29) is 10.6 Å². The third-order valence-corrected chi connectivity index (χ3v) is 4.19. The van der Waals surface area contributed by atoms with Crippen molar-refractivity contribution >= 4 is 45.8 Å². The van der Waals surface area contributed by atoms with Crippen LogP contribution in [-0.2, 0) is 6.42 Å². The first kappa shape index (κ1) is 12.6. The van der Waals surface area contributed by atoms with E-state index in [2.05, 4.69) is 0 Å². The quantitative estimate of drug-likeness (QED) is 0.643. The molecule has 82 valence electrons. The molecule has 1 aromatic rings. The van der Waals surface area contributed by atoms with E-state index in [0.29, 0.717) is 21.2 Å². The van der Waals surface area contributed by atoms with E-state index in [0.717, 1.165) is 5.56 Å². The molecule has 0 radical (unpaired) electrons. The van der Waals surface area contributed by atoms with E-state index < -0.39 is 5.97 Å². The van der Waals surface area contributed by atoms with E-state index in [9.17, 15) is 4.79 Å². The maximum Gasteiger partial charge on any atom is 0.337 e. The fourth-order valence-electron chi connectivity index (χ4n) is 1.59. The molecule has 1 aromatic carbocycles. The lowest BCUT2D eigenvalue weighted by Crippen LogP contribution is -2.09. The number of carboxylic acid groups (broad SMARTS) is 1. The van der Waals surface area contributed by atoms with Gasteiger partial charge in [0.15, 0.2) is 0 Å². The van der Waals surface area contributed by atoms with Gasteiger partial charge in [0.25, 0.3) is 0 Å². The van der Waals surface area contributed by atoms with Gasteiger partial charge in [-0.3, -0.25) is 0 Å². The van der Waals surface area contributed by atoms with E-state index >= 15 is 0 Å². The van der Waals surface area contributed by atoms with Crippen LogP contribution in [0.5, 0.6) is 0 Å². The zero-order valence-electron chi connectivity index (χ0n) is 8.40. The van der Waals surface area contributed by atoms with Gasteiger partial charge in [-0.05, 0) is 47.1 Å². The summed E-state index contributed by atoms with van der Waals surface area (Å²) in [5, 5.41) is 9.28. The second-order valence-electron chi connectivity index (χ2n) is 3.18. The number of nitrogens with two attached hydrogens (primary N) is 1. The Morgan fingerprint density at radius 2 is 2.13 bits per heavy atom. The highest BCUT2D eigenvalue weighted by atomic mass is 127. The second kappa shape index (κ2) is 4.57. The van der Waals surface area contributed by atoms with Gasteiger partial charge in [-0.1, -0.05) is 18.5 Å². The summed E-state index contributed by atoms with van der Waals surface area (Å²) >= 11 is 7.93. The molecule has 0 atom stereocenters. The van der Waals surface area contributed by atoms with Crippen molar-refractivity contribution in [1.29, 1.82) is 0 Å². The first-order valence-corrected chi connectivity index (χ1v) is 5.86. The van der Waals surface area contributed by atoms with Crippen molar-refractivity contribution in [3.8, 4) is 0 Å². The van der Waals surface area contributed by atoms with Crippen molar-refractivity contribution in [1.82, 2.24) is 0 Å². The highest BCUT2D eigenvalue weighted by Crippen LogP contribution is 2.34. The standard InChI is InChI=1S/C10H11ClINO2/c1-3-5-4(2)6(10(14)15)7(11)8(12)9(5)13/h3,13H2,1-2H3,(H,14,15). The Morgan fingerprint density at radius 3 is 2.53 bits per heavy atom. The number of halogens is 2. The molecule has 3 N–H and O–H groups in total. The van der Waals surface area contributed by atoms with Crippen molar-refractivity contribution in [2.24, 2.45) is 0 Å². The molecule has 15 heavy (non-hydrogen) atoms. The van der Waals surface area contributed by atoms with Crippen LogP contribution in [0, 0.1) is 10.5 Å². The van der Waals surface area contributed by atoms with E-state index in [1.165, 1.54) is 0 Å². The minimum absolute atomic E-state index is 0.159. The number of benzene rings is 1. The molecule has 0 unspecified atom stereocenters. The zero-order valence-corrected chi connectivity index (χ0v) is 11.3. The van der Waals surface area contributed by atoms with Gasteiger partial charge in [-0.2, -0.15) is 0 Å². The molecule has 0 aromatic heterocycles. The Morgan fingerprint density at radius 1 is 1.60 bits per heavy atom. The fraction of sp³-hybridized carbons (Fsp3) is 0.300. The van der Waals surface area contributed by atoms with Crippen LogP contribution in [0.3, 0.4) is 0 Å². The molecule has 1 rings (SSSR count). The van der Waals surface area contributed by atoms with Crippen LogP contribution in [0.4, 0.5) is 5.69 Å². The number of carbonyl (C=O) groups is 1. The van der Waals surface area contributed by atoms with Gasteiger partial charge in [0.1, 0.15) is 0 Å². The van der Waals surface area contributed by atoms with Crippen LogP contribution in [0.15, 0.2) is 0 Å². The third kappa shape index (κ3) is 2.06. The average Bonchev–Trinajstić information content (AvgIpc) is 2.15. The maximum atomic E-state index is 11.0. The van der Waals surface area contributed by atoms with Crippen molar-refractivity contribution in [2.45, 2.75) is 20.3 Å². The van der Waals surface area contributed by atoms with Gasteiger partial charge in [0.05, 0.1) is 19.8 Å². The summed E-state index contributed by atoms with van der Waals surface area (Å²) in [7, 11) is 0. The number of hydrogen-bond donors (Lipinski definition) is 2. The summed E-state index contributed by atoms with van der Waals surface area (Å²) in [6.07, 6.45) is 0.700. The highest BCUT2D eigenvalue weighted by Gasteiger charge is 2.20. The summed E-state index contributed by atoms with van der Waals surface area (Å²) in [5.41, 5.74) is 8.15. The molecule has 3 nitrogen and oxygen atoms in total. The maximum absolute atomic E-state index is 11.0. The number of anilines is 1. The summed E-state index contributed by atoms with van der Waals surface area (Å²) in [5.74, 6) is -1.01. The van der Waals surface area contributed by atoms with Gasteiger partial charge in [0, 0.05) is 0 Å². The Kier molecular flexibility index (Phi) is 3.83. The lowest BCUT2D eigenvalue weighted by molar-refractivity contribution is 0.0696. The predicted molar refractivity (Wildman–Crippen MR) is 69.7 cm³/mol. The van der Waals surface area contributed by atoms with Crippen molar-refractivity contribution < 1.29 is 9.90 Å². The second-order valence-corrected chi connectivity index (χ2v) is 4.64. The fourth-order valence-corrected chi connectivity index (χ4v) is 2.51. The van der Waals surface area contributed by atoms with E-state index in [4.69, 9.17) is 22.4 Å². The molecule has 0 aliphatic carbocycles. The Labute approximate surface area is 107 Å². The number of aromatic carboxylic acids is 1. The summed E-state index contributed by atoms with van der Waals surface area (Å²) in [6, 6.07) is 0. The van der Waals surface area contributed by atoms with Gasteiger partial charge >= 0.3 is 5.97 Å². The van der Waals surface area contributed by atoms with Crippen molar-refractivity contribution in [3.63, 3.8) is 0 Å². The number of nitrogen functional groups attached to an aromatic ring is 1. The lowest BCUT2D eigenvalue weighted by Gasteiger charge is -2.14. The molecule has 0 heterocycles. The normalized spacial score (nSPS) is 10.4. The zero-order chi connectivity index (χ0) is 11.7. The molecule has 0 spiro atoms. The van der Waals surface area contributed by atoms with Crippen LogP contribution in [-0.4, -0.2) is 11.1 Å². The largest absolute Gasteiger partial charge is 0.478 e. The topological polar surface area (TPSA) is 63.3 Å². The van der Waals surface area contributed by atoms with Gasteiger partial charge in [-0.25, -0.2) is 4.79 Å². The summed E-state index contributed by atoms with van der Waals surface area (Å²) < 4.78 is 0.620. The van der Waals surface area contributed by atoms with Crippen LogP contribution >= 0.6 is 34.2 Å². The Hall–Kier alpha value is -0.490. The number of hydrogen-bond acceptors (Lipinski definition) is 2. The smallest absolute Gasteiger partial charge is 0.337 e. The van der Waals surface area contributed by atoms with Crippen molar-refractivity contribution in [2.75, 3.05) is 5.73 Å². The molecular weight excluding hydrogens is 328 g/mol. The van der Waals surface area contributed by atoms with E-state index in [1.54, 1.807) is 6.92 Å². The van der Waals surface area contributed by atoms with Crippen LogP contribution in [0.1, 0.15) is 28.4 Å². The summed E-state index contributed by atoms with van der Waals surface area (Å²) in [4.78, 5) is 11.0. The van der Waals surface area contributed by atoms with E-state index in [1.807, 2.05) is 29.5 Å². The minimum atomic E-state index is -1.01. The van der Waals surface area contributed by atoms with Gasteiger partial charge < -0.3 is 10.8 Å². The van der Waals surface area contributed by atoms with Crippen LogP contribution < -0.4 is 5.73 Å². The number of rotatable bonds is 2. The number of carboxylic acids is 1. The average molecular weight is 340 g/mol. The van der Waals surface area contributed by atoms with Gasteiger partial charge in [-0.15, -0.1) is 0 Å². The molecule has 0 saturated heterocycles. The lowest BCUT2D eigenvalue weighted by atomic mass is 9.98. The highest BCUT2D eigenvalue weighted by molar-refractivity contribution is 14.1. The molecule has 0 amide bonds. The molecule has 5 heteroatoms. The predicted octanol–water partition coefficient (Wildman–Crippen LogP) is 3.10. The first-order valence-electron chi connectivity index (χ1n) is 4.41. The Balaban J connectivity index is 3.68. The first-order chi connectivity index (χ1) is 6.91. The third-order valence-electron chi connectivity index (χ3n) is 2.37. The SMILES string of the molecule is CCc1c(C)c(C(=O)O)c(Cl)c(I)c1N. The van der Waals surface area contributed by atoms with Crippen LogP contribution in [0.25, 0.3) is 0 Å². The minimum Gasteiger partial charge on any atom is -0.478 e. The van der Waals surface area contributed by atoms with Crippen LogP contribution in [0.2, 0.25) is 5.02 Å². The molecule has 0 aliphatic heterocycles. The Bertz CT molecular complexity index is 432. The molecule has 0 saturated carbocycles. The molecular formula is C10H11ClINO2. The monoisotopic (exact) mass is 339 g/mol. The molecule has 0 fully saturated rings. The molecule has 0 bridgehead atoms. The van der Waals surface area contributed by atoms with Crippen molar-refractivity contribution in [3.05, 3.63) is 25.3 Å². The summed E-state index contributed by atoms with van der Waals surface area (Å²) in [6.45, 7) is 3.68.